The van der Waals surface area contributed by atoms with Crippen molar-refractivity contribution in [1.82, 2.24) is 0 Å². The van der Waals surface area contributed by atoms with E-state index in [0.717, 1.165) is 22.5 Å². The number of benzene rings is 3. The maximum atomic E-state index is 14.1. The van der Waals surface area contributed by atoms with Crippen LogP contribution in [0.1, 0.15) is 18.4 Å². The molecular weight excluding hydrogens is 518 g/mol. The first-order valence-electron chi connectivity index (χ1n) is 11.0. The van der Waals surface area contributed by atoms with Crippen LogP contribution in [0.25, 0.3) is 11.1 Å². The second-order valence-electron chi connectivity index (χ2n) is 8.30. The molecule has 1 atom stereocenters. The zero-order valence-electron chi connectivity index (χ0n) is 19.3. The van der Waals surface area contributed by atoms with Crippen molar-refractivity contribution < 1.29 is 45.4 Å². The Kier molecular flexibility index (Phi) is 7.05. The fourth-order valence-electron chi connectivity index (χ4n) is 3.96. The molecule has 0 bridgehead atoms. The molecule has 0 saturated carbocycles. The second-order valence-corrected chi connectivity index (χ2v) is 10.2. The van der Waals surface area contributed by atoms with Crippen LogP contribution in [0.3, 0.4) is 0 Å². The molecule has 0 aliphatic carbocycles. The molecule has 0 spiro atoms. The summed E-state index contributed by atoms with van der Waals surface area (Å²) in [6.07, 6.45) is -5.98. The van der Waals surface area contributed by atoms with Crippen LogP contribution in [0.4, 0.5) is 23.2 Å². The fraction of sp³-hybridized carbons (Fsp3) is 0.240. The van der Waals surface area contributed by atoms with E-state index >= 15 is 0 Å². The molecule has 1 aliphatic rings. The Morgan fingerprint density at radius 2 is 1.86 bits per heavy atom. The third-order valence-electron chi connectivity index (χ3n) is 5.76. The second kappa shape index (κ2) is 9.92. The van der Waals surface area contributed by atoms with Gasteiger partial charge in [0.15, 0.2) is 0 Å². The van der Waals surface area contributed by atoms with Gasteiger partial charge in [-0.3, -0.25) is 9.10 Å². The first-order valence-corrected chi connectivity index (χ1v) is 12.4. The number of methoxy groups -OCH3 is 1. The molecule has 1 aliphatic heterocycles. The standard InChI is InChI=1S/C25H21F4NO6S/c1-35-20-10-16(9-18(26)13-20)15-5-7-23-22(11-15)30(14-19(36-23)6-8-24(31)32)37(33,34)21-4-2-3-17(12-21)25(27,28)29/h2-5,7,9-13,19H,6,8,14H2,1H3,(H,31,32). The van der Waals surface area contributed by atoms with Crippen molar-refractivity contribution in [3.63, 3.8) is 0 Å². The summed E-state index contributed by atoms with van der Waals surface area (Å²) in [6, 6.07) is 11.7. The van der Waals surface area contributed by atoms with Crippen LogP contribution in [0.5, 0.6) is 11.5 Å². The van der Waals surface area contributed by atoms with E-state index in [1.165, 1.54) is 37.4 Å². The molecule has 196 valence electrons. The number of nitrogens with zero attached hydrogens (tertiary/aromatic N) is 1. The van der Waals surface area contributed by atoms with Gasteiger partial charge in [-0.1, -0.05) is 12.1 Å². The number of carboxylic acids is 1. The first-order chi connectivity index (χ1) is 17.4. The SMILES string of the molecule is COc1cc(F)cc(-c2ccc3c(c2)N(S(=O)(=O)c2cccc(C(F)(F)F)c2)CC(CCC(=O)O)O3)c1. The number of hydrogen-bond acceptors (Lipinski definition) is 5. The van der Waals surface area contributed by atoms with Crippen LogP contribution in [0, 0.1) is 5.82 Å². The van der Waals surface area contributed by atoms with Gasteiger partial charge >= 0.3 is 12.1 Å². The van der Waals surface area contributed by atoms with Crippen LogP contribution in [0.2, 0.25) is 0 Å². The summed E-state index contributed by atoms with van der Waals surface area (Å²) >= 11 is 0. The molecule has 12 heteroatoms. The van der Waals surface area contributed by atoms with Crippen molar-refractivity contribution in [3.05, 3.63) is 72.0 Å². The normalized spacial score (nSPS) is 15.6. The molecule has 0 fully saturated rings. The van der Waals surface area contributed by atoms with Crippen molar-refractivity contribution >= 4 is 21.7 Å². The molecule has 1 heterocycles. The number of carbonyl (C=O) groups is 1. The summed E-state index contributed by atoms with van der Waals surface area (Å²) < 4.78 is 93.0. The fourth-order valence-corrected chi connectivity index (χ4v) is 5.51. The molecule has 0 saturated heterocycles. The van der Waals surface area contributed by atoms with Gasteiger partial charge in [-0.15, -0.1) is 0 Å². The van der Waals surface area contributed by atoms with Gasteiger partial charge < -0.3 is 14.6 Å². The van der Waals surface area contributed by atoms with Crippen LogP contribution in [-0.2, 0) is 21.0 Å². The number of ether oxygens (including phenoxy) is 2. The predicted molar refractivity (Wildman–Crippen MR) is 126 cm³/mol. The van der Waals surface area contributed by atoms with E-state index in [4.69, 9.17) is 14.6 Å². The number of halogens is 4. The molecule has 7 nitrogen and oxygen atoms in total. The van der Waals surface area contributed by atoms with E-state index in [0.29, 0.717) is 17.2 Å². The van der Waals surface area contributed by atoms with Gasteiger partial charge in [0.05, 0.1) is 29.8 Å². The zero-order chi connectivity index (χ0) is 27.0. The zero-order valence-corrected chi connectivity index (χ0v) is 20.1. The molecule has 4 rings (SSSR count). The first kappa shape index (κ1) is 26.3. The lowest BCUT2D eigenvalue weighted by Crippen LogP contribution is -2.43. The Bertz CT molecular complexity index is 1440. The van der Waals surface area contributed by atoms with E-state index in [9.17, 15) is 30.8 Å². The Morgan fingerprint density at radius 3 is 2.54 bits per heavy atom. The Morgan fingerprint density at radius 1 is 1.11 bits per heavy atom. The van der Waals surface area contributed by atoms with E-state index in [1.807, 2.05) is 0 Å². The number of rotatable bonds is 7. The van der Waals surface area contributed by atoms with Gasteiger partial charge in [0.2, 0.25) is 0 Å². The quantitative estimate of drug-likeness (QED) is 0.408. The number of aliphatic carboxylic acids is 1. The monoisotopic (exact) mass is 539 g/mol. The van der Waals surface area contributed by atoms with Gasteiger partial charge in [-0.2, -0.15) is 13.2 Å². The summed E-state index contributed by atoms with van der Waals surface area (Å²) in [6.45, 7) is -0.339. The molecule has 0 radical (unpaired) electrons. The number of fused-ring (bicyclic) bond motifs is 1. The number of anilines is 1. The summed E-state index contributed by atoms with van der Waals surface area (Å²) in [7, 11) is -3.18. The van der Waals surface area contributed by atoms with Crippen LogP contribution in [-0.4, -0.2) is 39.3 Å². The summed E-state index contributed by atoms with van der Waals surface area (Å²) in [4.78, 5) is 10.5. The molecule has 0 aromatic heterocycles. The Labute approximate surface area is 209 Å². The average Bonchev–Trinajstić information content (AvgIpc) is 2.85. The van der Waals surface area contributed by atoms with E-state index in [2.05, 4.69) is 0 Å². The van der Waals surface area contributed by atoms with Crippen LogP contribution in [0.15, 0.2) is 65.6 Å². The smallest absolute Gasteiger partial charge is 0.416 e. The number of sulfonamides is 1. The number of hydrogen-bond donors (Lipinski definition) is 1. The highest BCUT2D eigenvalue weighted by Crippen LogP contribution is 2.41. The highest BCUT2D eigenvalue weighted by molar-refractivity contribution is 7.92. The molecule has 3 aromatic carbocycles. The summed E-state index contributed by atoms with van der Waals surface area (Å²) in [5, 5.41) is 9.04. The lowest BCUT2D eigenvalue weighted by molar-refractivity contribution is -0.138. The largest absolute Gasteiger partial charge is 0.497 e. The van der Waals surface area contributed by atoms with Gasteiger partial charge in [-0.25, -0.2) is 12.8 Å². The minimum absolute atomic E-state index is 0.0183. The van der Waals surface area contributed by atoms with Gasteiger partial charge in [0.1, 0.15) is 23.4 Å². The molecule has 37 heavy (non-hydrogen) atoms. The van der Waals surface area contributed by atoms with E-state index in [-0.39, 0.29) is 36.6 Å². The highest BCUT2D eigenvalue weighted by Gasteiger charge is 2.37. The maximum Gasteiger partial charge on any atom is 0.416 e. The van der Waals surface area contributed by atoms with Gasteiger partial charge in [0.25, 0.3) is 10.0 Å². The van der Waals surface area contributed by atoms with Crippen molar-refractivity contribution in [2.45, 2.75) is 30.0 Å². The van der Waals surface area contributed by atoms with Crippen molar-refractivity contribution in [3.8, 4) is 22.6 Å². The Hall–Kier alpha value is -3.80. The average molecular weight is 540 g/mol. The minimum atomic E-state index is -4.76. The van der Waals surface area contributed by atoms with Crippen LogP contribution < -0.4 is 13.8 Å². The van der Waals surface area contributed by atoms with Crippen molar-refractivity contribution in [2.24, 2.45) is 0 Å². The third-order valence-corrected chi connectivity index (χ3v) is 7.54. The molecule has 3 aromatic rings. The van der Waals surface area contributed by atoms with E-state index < -0.39 is 44.5 Å². The lowest BCUT2D eigenvalue weighted by Gasteiger charge is -2.36. The minimum Gasteiger partial charge on any atom is -0.497 e. The van der Waals surface area contributed by atoms with Gasteiger partial charge in [0, 0.05) is 12.5 Å². The topological polar surface area (TPSA) is 93.1 Å². The summed E-state index contributed by atoms with van der Waals surface area (Å²) in [5.41, 5.74) is -0.354. The number of alkyl halides is 3. The maximum absolute atomic E-state index is 14.1. The molecule has 1 N–H and O–H groups in total. The van der Waals surface area contributed by atoms with Crippen molar-refractivity contribution in [2.75, 3.05) is 18.0 Å². The lowest BCUT2D eigenvalue weighted by atomic mass is 10.0. The van der Waals surface area contributed by atoms with Gasteiger partial charge in [-0.05, 0) is 60.0 Å². The van der Waals surface area contributed by atoms with Crippen molar-refractivity contribution in [1.29, 1.82) is 0 Å². The predicted octanol–water partition coefficient (Wildman–Crippen LogP) is 5.34. The number of carboxylic acid groups (broad SMARTS) is 1. The molecular formula is C25H21F4NO6S. The third kappa shape index (κ3) is 5.63. The van der Waals surface area contributed by atoms with Crippen LogP contribution >= 0.6 is 0 Å². The Balaban J connectivity index is 1.82. The molecule has 1 unspecified atom stereocenters. The highest BCUT2D eigenvalue weighted by atomic mass is 32.2. The molecule has 0 amide bonds. The summed E-state index contributed by atoms with van der Waals surface area (Å²) in [5.74, 6) is -1.39. The van der Waals surface area contributed by atoms with E-state index in [1.54, 1.807) is 6.07 Å².